The standard InChI is InChI=1S/C11H11N3O2/c1-8-2-4-9(5-3-8)6-12-14-7-10(15)13-11(14)16/h2-6H,7H2,1H3,(H,13,15,16)/b12-6+. The van der Waals surface area contributed by atoms with Crippen LogP contribution in [0, 0.1) is 6.92 Å². The molecule has 0 saturated carbocycles. The van der Waals surface area contributed by atoms with E-state index in [9.17, 15) is 9.59 Å². The normalized spacial score (nSPS) is 15.9. The lowest BCUT2D eigenvalue weighted by Gasteiger charge is -2.03. The van der Waals surface area contributed by atoms with Crippen LogP contribution in [0.3, 0.4) is 0 Å². The number of nitrogens with one attached hydrogen (secondary N) is 1. The lowest BCUT2D eigenvalue weighted by atomic mass is 10.2. The van der Waals surface area contributed by atoms with Crippen molar-refractivity contribution >= 4 is 18.2 Å². The van der Waals surface area contributed by atoms with Gasteiger partial charge in [-0.15, -0.1) is 0 Å². The van der Waals surface area contributed by atoms with E-state index in [1.807, 2.05) is 31.2 Å². The number of imide groups is 1. The molecule has 0 aromatic heterocycles. The minimum absolute atomic E-state index is 0.0127. The molecule has 1 N–H and O–H groups in total. The summed E-state index contributed by atoms with van der Waals surface area (Å²) in [5.41, 5.74) is 2.05. The van der Waals surface area contributed by atoms with Crippen LogP contribution >= 0.6 is 0 Å². The highest BCUT2D eigenvalue weighted by Gasteiger charge is 2.25. The predicted octanol–water partition coefficient (Wildman–Crippen LogP) is 0.881. The number of nitrogens with zero attached hydrogens (tertiary/aromatic N) is 2. The summed E-state index contributed by atoms with van der Waals surface area (Å²) >= 11 is 0. The molecule has 1 heterocycles. The summed E-state index contributed by atoms with van der Waals surface area (Å²) in [5.74, 6) is -0.328. The summed E-state index contributed by atoms with van der Waals surface area (Å²) < 4.78 is 0. The molecule has 0 aliphatic carbocycles. The Morgan fingerprint density at radius 3 is 2.56 bits per heavy atom. The molecule has 0 atom stereocenters. The van der Waals surface area contributed by atoms with Crippen molar-refractivity contribution in [1.29, 1.82) is 0 Å². The second kappa shape index (κ2) is 4.14. The van der Waals surface area contributed by atoms with Crippen molar-refractivity contribution in [2.45, 2.75) is 6.92 Å². The summed E-state index contributed by atoms with van der Waals surface area (Å²) in [6.07, 6.45) is 1.55. The van der Waals surface area contributed by atoms with Crippen molar-refractivity contribution in [2.24, 2.45) is 5.10 Å². The molecule has 0 radical (unpaired) electrons. The van der Waals surface area contributed by atoms with E-state index in [0.717, 1.165) is 16.1 Å². The first-order chi connectivity index (χ1) is 7.65. The van der Waals surface area contributed by atoms with Gasteiger partial charge in [0.15, 0.2) is 0 Å². The second-order valence-electron chi connectivity index (χ2n) is 3.57. The third kappa shape index (κ3) is 2.25. The number of aryl methyl sites for hydroxylation is 1. The molecule has 1 aliphatic heterocycles. The van der Waals surface area contributed by atoms with E-state index in [1.165, 1.54) is 0 Å². The number of urea groups is 1. The van der Waals surface area contributed by atoms with Gasteiger partial charge in [0, 0.05) is 0 Å². The summed E-state index contributed by atoms with van der Waals surface area (Å²) in [6, 6.07) is 7.23. The minimum Gasteiger partial charge on any atom is -0.275 e. The fourth-order valence-electron chi connectivity index (χ4n) is 1.31. The monoisotopic (exact) mass is 217 g/mol. The molecule has 5 heteroatoms. The Morgan fingerprint density at radius 2 is 2.00 bits per heavy atom. The zero-order chi connectivity index (χ0) is 11.5. The zero-order valence-electron chi connectivity index (χ0n) is 8.80. The third-order valence-corrected chi connectivity index (χ3v) is 2.20. The molecule has 1 aliphatic rings. The summed E-state index contributed by atoms with van der Waals surface area (Å²) in [4.78, 5) is 22.0. The number of carbonyl (C=O) groups is 2. The van der Waals surface area contributed by atoms with Gasteiger partial charge in [0.25, 0.3) is 0 Å². The van der Waals surface area contributed by atoms with Crippen molar-refractivity contribution < 1.29 is 9.59 Å². The van der Waals surface area contributed by atoms with Gasteiger partial charge in [-0.25, -0.2) is 9.80 Å². The fourth-order valence-corrected chi connectivity index (χ4v) is 1.31. The molecular weight excluding hydrogens is 206 g/mol. The maximum atomic E-state index is 11.1. The van der Waals surface area contributed by atoms with E-state index < -0.39 is 6.03 Å². The molecule has 0 spiro atoms. The molecule has 0 unspecified atom stereocenters. The molecule has 3 amide bonds. The quantitative estimate of drug-likeness (QED) is 0.590. The molecule has 2 rings (SSSR count). The van der Waals surface area contributed by atoms with Gasteiger partial charge in [-0.2, -0.15) is 5.10 Å². The number of hydrazone groups is 1. The number of amides is 3. The van der Waals surface area contributed by atoms with Crippen LogP contribution in [0.25, 0.3) is 0 Å². The van der Waals surface area contributed by atoms with Crippen LogP contribution in [-0.2, 0) is 4.79 Å². The van der Waals surface area contributed by atoms with Gasteiger partial charge in [-0.1, -0.05) is 29.8 Å². The summed E-state index contributed by atoms with van der Waals surface area (Å²) in [7, 11) is 0. The van der Waals surface area contributed by atoms with Crippen molar-refractivity contribution in [3.05, 3.63) is 35.4 Å². The highest BCUT2D eigenvalue weighted by atomic mass is 16.2. The van der Waals surface area contributed by atoms with Crippen LogP contribution in [0.5, 0.6) is 0 Å². The fraction of sp³-hybridized carbons (Fsp3) is 0.182. The first kappa shape index (κ1) is 10.4. The van der Waals surface area contributed by atoms with E-state index in [1.54, 1.807) is 6.21 Å². The van der Waals surface area contributed by atoms with E-state index in [2.05, 4.69) is 10.4 Å². The molecule has 1 aromatic carbocycles. The maximum Gasteiger partial charge on any atom is 0.344 e. The van der Waals surface area contributed by atoms with Crippen LogP contribution in [-0.4, -0.2) is 29.7 Å². The van der Waals surface area contributed by atoms with E-state index in [0.29, 0.717) is 0 Å². The lowest BCUT2D eigenvalue weighted by Crippen LogP contribution is -2.24. The number of hydrogen-bond acceptors (Lipinski definition) is 3. The Bertz CT molecular complexity index is 451. The molecule has 0 bridgehead atoms. The molecule has 16 heavy (non-hydrogen) atoms. The van der Waals surface area contributed by atoms with Crippen LogP contribution in [0.15, 0.2) is 29.4 Å². The van der Waals surface area contributed by atoms with Gasteiger partial charge in [0.2, 0.25) is 5.91 Å². The van der Waals surface area contributed by atoms with Gasteiger partial charge in [-0.3, -0.25) is 10.1 Å². The van der Waals surface area contributed by atoms with E-state index in [-0.39, 0.29) is 12.5 Å². The van der Waals surface area contributed by atoms with Crippen molar-refractivity contribution in [3.63, 3.8) is 0 Å². The van der Waals surface area contributed by atoms with Crippen LogP contribution in [0.2, 0.25) is 0 Å². The predicted molar refractivity (Wildman–Crippen MR) is 59.0 cm³/mol. The van der Waals surface area contributed by atoms with Gasteiger partial charge in [0.1, 0.15) is 6.54 Å². The first-order valence-electron chi connectivity index (χ1n) is 4.87. The first-order valence-corrected chi connectivity index (χ1v) is 4.87. The average molecular weight is 217 g/mol. The third-order valence-electron chi connectivity index (χ3n) is 2.20. The largest absolute Gasteiger partial charge is 0.344 e. The van der Waals surface area contributed by atoms with Gasteiger partial charge < -0.3 is 0 Å². The molecule has 82 valence electrons. The highest BCUT2D eigenvalue weighted by molar-refractivity contribution is 6.02. The minimum atomic E-state index is -0.478. The van der Waals surface area contributed by atoms with E-state index in [4.69, 9.17) is 0 Å². The zero-order valence-corrected chi connectivity index (χ0v) is 8.80. The number of carbonyl (C=O) groups excluding carboxylic acids is 2. The van der Waals surface area contributed by atoms with E-state index >= 15 is 0 Å². The van der Waals surface area contributed by atoms with Crippen LogP contribution in [0.4, 0.5) is 4.79 Å². The smallest absolute Gasteiger partial charge is 0.275 e. The number of rotatable bonds is 2. The molecule has 1 aromatic rings. The van der Waals surface area contributed by atoms with Gasteiger partial charge >= 0.3 is 6.03 Å². The Labute approximate surface area is 92.7 Å². The molecular formula is C11H11N3O2. The van der Waals surface area contributed by atoms with Crippen LogP contribution in [0.1, 0.15) is 11.1 Å². The molecule has 1 fully saturated rings. The second-order valence-corrected chi connectivity index (χ2v) is 3.57. The Morgan fingerprint density at radius 1 is 1.31 bits per heavy atom. The van der Waals surface area contributed by atoms with Crippen molar-refractivity contribution in [2.75, 3.05) is 6.54 Å². The Balaban J connectivity index is 2.07. The van der Waals surface area contributed by atoms with Crippen molar-refractivity contribution in [3.8, 4) is 0 Å². The molecule has 1 saturated heterocycles. The lowest BCUT2D eigenvalue weighted by molar-refractivity contribution is -0.118. The number of benzene rings is 1. The highest BCUT2D eigenvalue weighted by Crippen LogP contribution is 2.02. The van der Waals surface area contributed by atoms with Gasteiger partial charge in [0.05, 0.1) is 6.21 Å². The van der Waals surface area contributed by atoms with Crippen molar-refractivity contribution in [1.82, 2.24) is 10.3 Å². The average Bonchev–Trinajstić information content (AvgIpc) is 2.57. The Kier molecular flexibility index (Phi) is 2.68. The summed E-state index contributed by atoms with van der Waals surface area (Å²) in [6.45, 7) is 1.98. The summed E-state index contributed by atoms with van der Waals surface area (Å²) in [5, 5.41) is 7.18. The van der Waals surface area contributed by atoms with Crippen LogP contribution < -0.4 is 5.32 Å². The molecule has 5 nitrogen and oxygen atoms in total. The topological polar surface area (TPSA) is 61.8 Å². The SMILES string of the molecule is Cc1ccc(/C=N/N2CC(=O)NC2=O)cc1. The van der Waals surface area contributed by atoms with Gasteiger partial charge in [-0.05, 0) is 12.5 Å². The Hall–Kier alpha value is -2.17. The number of hydrogen-bond donors (Lipinski definition) is 1. The maximum absolute atomic E-state index is 11.1.